The van der Waals surface area contributed by atoms with Crippen molar-refractivity contribution < 1.29 is 9.90 Å². The molecule has 2 heteroatoms. The second kappa shape index (κ2) is 4.32. The van der Waals surface area contributed by atoms with Crippen molar-refractivity contribution >= 4 is 38.3 Å². The van der Waals surface area contributed by atoms with Gasteiger partial charge in [-0.15, -0.1) is 0 Å². The van der Waals surface area contributed by atoms with Crippen molar-refractivity contribution in [1.29, 1.82) is 0 Å². The molecule has 4 aromatic rings. The Morgan fingerprint density at radius 1 is 0.619 bits per heavy atom. The van der Waals surface area contributed by atoms with Crippen LogP contribution in [-0.4, -0.2) is 5.97 Å². The van der Waals surface area contributed by atoms with Crippen LogP contribution in [0.3, 0.4) is 0 Å². The largest absolute Gasteiger partial charge is 0.387 e. The number of benzene rings is 4. The molecule has 0 N–H and O–H groups in total. The molecule has 0 aliphatic rings. The third-order valence-corrected chi connectivity index (χ3v) is 3.93. The topological polar surface area (TPSA) is 37.0 Å². The smallest absolute Gasteiger partial charge is 0.241 e. The molecule has 0 heterocycles. The minimum absolute atomic E-state index is 0.272. The number of rotatable bonds is 1. The molecule has 0 fully saturated rings. The first kappa shape index (κ1) is 11.9. The Hall–Kier alpha value is -2.87. The van der Waals surface area contributed by atoms with Gasteiger partial charge in [0.05, 0.1) is 5.56 Å². The van der Waals surface area contributed by atoms with Crippen LogP contribution < -0.4 is 0 Å². The lowest BCUT2D eigenvalue weighted by molar-refractivity contribution is 0.0578. The first-order chi connectivity index (χ1) is 10.2. The van der Waals surface area contributed by atoms with Crippen LogP contribution in [-0.2, 0) is 5.11 Å². The van der Waals surface area contributed by atoms with E-state index in [2.05, 4.69) is 0 Å². The normalized spacial score (nSPS) is 11.2. The molecule has 21 heavy (non-hydrogen) atoms. The quantitative estimate of drug-likeness (QED) is 0.462. The lowest BCUT2D eigenvalue weighted by Crippen LogP contribution is -1.97. The highest BCUT2D eigenvalue weighted by molar-refractivity contribution is 6.18. The van der Waals surface area contributed by atoms with Gasteiger partial charge in [-0.05, 0) is 50.5 Å². The summed E-state index contributed by atoms with van der Waals surface area (Å²) < 4.78 is 0. The van der Waals surface area contributed by atoms with Crippen molar-refractivity contribution in [2.75, 3.05) is 0 Å². The first-order valence-corrected chi connectivity index (χ1v) is 6.79. The maximum Gasteiger partial charge on any atom is 0.387 e. The van der Waals surface area contributed by atoms with Gasteiger partial charge in [-0.3, -0.25) is 0 Å². The van der Waals surface area contributed by atoms with Crippen LogP contribution in [0.2, 0.25) is 0 Å². The van der Waals surface area contributed by atoms with E-state index >= 15 is 0 Å². The molecule has 0 aromatic heterocycles. The number of hydrogen-bond donors (Lipinski definition) is 0. The third kappa shape index (κ3) is 1.77. The number of carbonyl (C=O) groups excluding carboxylic acids is 1. The van der Waals surface area contributed by atoms with Gasteiger partial charge in [0.15, 0.2) is 0 Å². The second-order valence-corrected chi connectivity index (χ2v) is 5.18. The van der Waals surface area contributed by atoms with Gasteiger partial charge in [0.1, 0.15) is 0 Å². The zero-order valence-electron chi connectivity index (χ0n) is 11.2. The van der Waals surface area contributed by atoms with Crippen molar-refractivity contribution in [2.24, 2.45) is 0 Å². The third-order valence-electron chi connectivity index (χ3n) is 3.93. The van der Waals surface area contributed by atoms with Crippen LogP contribution in [0.25, 0.3) is 32.3 Å². The molecular formula is C19H11O2. The van der Waals surface area contributed by atoms with Crippen molar-refractivity contribution in [3.05, 3.63) is 72.3 Å². The number of fused-ring (bicyclic) bond motifs is 3. The molecule has 0 amide bonds. The van der Waals surface area contributed by atoms with Crippen molar-refractivity contribution in [3.8, 4) is 0 Å². The lowest BCUT2D eigenvalue weighted by atomic mass is 9.94. The molecule has 99 valence electrons. The molecule has 0 saturated carbocycles. The Balaban J connectivity index is 2.28. The summed E-state index contributed by atoms with van der Waals surface area (Å²) in [6.07, 6.45) is 0. The SMILES string of the molecule is [O]C(=O)c1c2ccccc2cc2cc3ccccc3cc12. The van der Waals surface area contributed by atoms with Gasteiger partial charge in [0.25, 0.3) is 0 Å². The van der Waals surface area contributed by atoms with Gasteiger partial charge in [0, 0.05) is 0 Å². The van der Waals surface area contributed by atoms with E-state index in [0.717, 1.165) is 32.3 Å². The highest BCUT2D eigenvalue weighted by Crippen LogP contribution is 2.31. The standard InChI is InChI=1S/C19H11O2/c20-19(21)18-16-8-4-3-7-14(16)10-15-9-12-5-1-2-6-13(12)11-17(15)18/h1-11H. The van der Waals surface area contributed by atoms with Crippen LogP contribution in [0.1, 0.15) is 10.4 Å². The van der Waals surface area contributed by atoms with Gasteiger partial charge in [-0.2, -0.15) is 0 Å². The van der Waals surface area contributed by atoms with E-state index in [1.807, 2.05) is 66.7 Å². The average molecular weight is 271 g/mol. The fraction of sp³-hybridized carbons (Fsp3) is 0. The zero-order chi connectivity index (χ0) is 14.4. The molecule has 4 rings (SSSR count). The Morgan fingerprint density at radius 3 is 1.90 bits per heavy atom. The van der Waals surface area contributed by atoms with Gasteiger partial charge in [-0.25, -0.2) is 9.90 Å². The second-order valence-electron chi connectivity index (χ2n) is 5.18. The summed E-state index contributed by atoms with van der Waals surface area (Å²) in [4.78, 5) is 11.7. The van der Waals surface area contributed by atoms with Gasteiger partial charge in [0.2, 0.25) is 0 Å². The van der Waals surface area contributed by atoms with E-state index < -0.39 is 5.97 Å². The average Bonchev–Trinajstić information content (AvgIpc) is 2.50. The molecule has 1 radical (unpaired) electrons. The van der Waals surface area contributed by atoms with E-state index in [0.29, 0.717) is 0 Å². The van der Waals surface area contributed by atoms with Gasteiger partial charge >= 0.3 is 5.97 Å². The van der Waals surface area contributed by atoms with E-state index in [4.69, 9.17) is 0 Å². The summed E-state index contributed by atoms with van der Waals surface area (Å²) in [7, 11) is 0. The van der Waals surface area contributed by atoms with E-state index in [-0.39, 0.29) is 5.56 Å². The Kier molecular flexibility index (Phi) is 2.45. The molecule has 0 unspecified atom stereocenters. The Labute approximate surface area is 121 Å². The zero-order valence-corrected chi connectivity index (χ0v) is 11.2. The highest BCUT2D eigenvalue weighted by Gasteiger charge is 2.15. The monoisotopic (exact) mass is 271 g/mol. The highest BCUT2D eigenvalue weighted by atomic mass is 16.4. The summed E-state index contributed by atoms with van der Waals surface area (Å²) in [6, 6.07) is 21.5. The molecular weight excluding hydrogens is 260 g/mol. The fourth-order valence-corrected chi connectivity index (χ4v) is 2.98. The Morgan fingerprint density at radius 2 is 1.19 bits per heavy atom. The van der Waals surface area contributed by atoms with E-state index in [1.165, 1.54) is 0 Å². The molecule has 0 saturated heterocycles. The van der Waals surface area contributed by atoms with Crippen molar-refractivity contribution in [3.63, 3.8) is 0 Å². The summed E-state index contributed by atoms with van der Waals surface area (Å²) in [5, 5.41) is 17.1. The molecule has 0 bridgehead atoms. The van der Waals surface area contributed by atoms with Crippen LogP contribution in [0.4, 0.5) is 0 Å². The summed E-state index contributed by atoms with van der Waals surface area (Å²) in [5.74, 6) is -1.13. The summed E-state index contributed by atoms with van der Waals surface area (Å²) in [6.45, 7) is 0. The predicted octanol–water partition coefficient (Wildman–Crippen LogP) is 4.72. The maximum atomic E-state index is 11.7. The number of carbonyl (C=O) groups is 1. The number of hydrogen-bond acceptors (Lipinski definition) is 1. The summed E-state index contributed by atoms with van der Waals surface area (Å²) >= 11 is 0. The van der Waals surface area contributed by atoms with Crippen LogP contribution in [0, 0.1) is 0 Å². The molecule has 0 aliphatic heterocycles. The van der Waals surface area contributed by atoms with Crippen molar-refractivity contribution in [1.82, 2.24) is 0 Å². The first-order valence-electron chi connectivity index (χ1n) is 6.79. The maximum absolute atomic E-state index is 11.7. The molecule has 4 aromatic carbocycles. The molecule has 0 aliphatic carbocycles. The van der Waals surface area contributed by atoms with Crippen LogP contribution in [0.15, 0.2) is 66.7 Å². The van der Waals surface area contributed by atoms with Crippen LogP contribution >= 0.6 is 0 Å². The van der Waals surface area contributed by atoms with Crippen LogP contribution in [0.5, 0.6) is 0 Å². The Bertz CT molecular complexity index is 1010. The van der Waals surface area contributed by atoms with E-state index in [9.17, 15) is 9.90 Å². The molecule has 2 nitrogen and oxygen atoms in total. The minimum Gasteiger partial charge on any atom is -0.241 e. The molecule has 0 atom stereocenters. The van der Waals surface area contributed by atoms with E-state index in [1.54, 1.807) is 0 Å². The predicted molar refractivity (Wildman–Crippen MR) is 84.0 cm³/mol. The molecule has 0 spiro atoms. The van der Waals surface area contributed by atoms with Gasteiger partial charge in [-0.1, -0.05) is 48.5 Å². The summed E-state index contributed by atoms with van der Waals surface area (Å²) in [5.41, 5.74) is 0.272. The fourth-order valence-electron chi connectivity index (χ4n) is 2.98. The van der Waals surface area contributed by atoms with Crippen molar-refractivity contribution in [2.45, 2.75) is 0 Å². The lowest BCUT2D eigenvalue weighted by Gasteiger charge is -2.09. The minimum atomic E-state index is -1.13. The van der Waals surface area contributed by atoms with Gasteiger partial charge < -0.3 is 0 Å².